The Bertz CT molecular complexity index is 868. The molecule has 2 aliphatic rings. The molecule has 1 saturated carbocycles. The molecule has 0 radical (unpaired) electrons. The number of benzene rings is 1. The Morgan fingerprint density at radius 2 is 1.93 bits per heavy atom. The molecule has 1 aliphatic heterocycles. The molecule has 0 spiro atoms. The van der Waals surface area contributed by atoms with Crippen molar-refractivity contribution in [1.29, 1.82) is 0 Å². The van der Waals surface area contributed by atoms with Crippen LogP contribution in [0.1, 0.15) is 37.7 Å². The van der Waals surface area contributed by atoms with Crippen LogP contribution in [-0.4, -0.2) is 47.0 Å². The van der Waals surface area contributed by atoms with Gasteiger partial charge in [0.1, 0.15) is 18.6 Å². The second kappa shape index (κ2) is 8.45. The Balaban J connectivity index is 1.40. The van der Waals surface area contributed by atoms with Crippen LogP contribution < -0.4 is 10.3 Å². The molecule has 1 aromatic heterocycles. The molecule has 28 heavy (non-hydrogen) atoms. The van der Waals surface area contributed by atoms with E-state index in [0.29, 0.717) is 6.10 Å². The molecule has 0 unspecified atom stereocenters. The van der Waals surface area contributed by atoms with Crippen molar-refractivity contribution in [2.45, 2.75) is 57.9 Å². The van der Waals surface area contributed by atoms with Gasteiger partial charge in [0.2, 0.25) is 0 Å². The quantitative estimate of drug-likeness (QED) is 0.767. The molecule has 2 fully saturated rings. The van der Waals surface area contributed by atoms with Crippen molar-refractivity contribution in [3.05, 3.63) is 46.4 Å². The number of nitrogens with zero attached hydrogens (tertiary/aromatic N) is 3. The van der Waals surface area contributed by atoms with Crippen LogP contribution in [0.5, 0.6) is 5.75 Å². The number of rotatable bonds is 6. The van der Waals surface area contributed by atoms with Gasteiger partial charge < -0.3 is 14.4 Å². The summed E-state index contributed by atoms with van der Waals surface area (Å²) in [5, 5.41) is 4.18. The van der Waals surface area contributed by atoms with Crippen molar-refractivity contribution < 1.29 is 9.47 Å². The van der Waals surface area contributed by atoms with Crippen LogP contribution in [-0.2, 0) is 11.5 Å². The average molecular weight is 383 g/mol. The first-order valence-corrected chi connectivity index (χ1v) is 10.2. The van der Waals surface area contributed by atoms with E-state index in [2.05, 4.69) is 16.1 Å². The minimum atomic E-state index is -0.169. The Morgan fingerprint density at radius 1 is 1.14 bits per heavy atom. The third-order valence-corrected chi connectivity index (χ3v) is 6.00. The van der Waals surface area contributed by atoms with Gasteiger partial charge in [-0.05, 0) is 55.9 Å². The van der Waals surface area contributed by atoms with Crippen molar-refractivity contribution in [3.8, 4) is 16.9 Å². The zero-order valence-electron chi connectivity index (χ0n) is 16.8. The molecule has 6 nitrogen and oxygen atoms in total. The fourth-order valence-electron chi connectivity index (χ4n) is 4.14. The third-order valence-electron chi connectivity index (χ3n) is 6.00. The van der Waals surface area contributed by atoms with Crippen molar-refractivity contribution >= 4 is 0 Å². The van der Waals surface area contributed by atoms with Gasteiger partial charge in [-0.3, -0.25) is 4.79 Å². The maximum Gasteiger partial charge on any atom is 0.269 e. The highest BCUT2D eigenvalue weighted by Gasteiger charge is 2.29. The Hall–Kier alpha value is -2.18. The van der Waals surface area contributed by atoms with E-state index in [1.807, 2.05) is 19.1 Å². The molecule has 0 bridgehead atoms. The first kappa shape index (κ1) is 19.2. The van der Waals surface area contributed by atoms with Crippen molar-refractivity contribution in [3.63, 3.8) is 0 Å². The SMILES string of the molecule is COCn1ncc(-c2ccc(OC3CCN(C4CCC4)CC3)cc2C)cc1=O. The first-order chi connectivity index (χ1) is 13.6. The van der Waals surface area contributed by atoms with Crippen LogP contribution in [0.3, 0.4) is 0 Å². The molecule has 0 N–H and O–H groups in total. The zero-order valence-corrected chi connectivity index (χ0v) is 16.8. The second-order valence-electron chi connectivity index (χ2n) is 7.91. The molecular weight excluding hydrogens is 354 g/mol. The number of piperidine rings is 1. The third kappa shape index (κ3) is 4.13. The smallest absolute Gasteiger partial charge is 0.269 e. The summed E-state index contributed by atoms with van der Waals surface area (Å²) in [6.07, 6.45) is 8.33. The van der Waals surface area contributed by atoms with E-state index in [0.717, 1.165) is 54.4 Å². The van der Waals surface area contributed by atoms with Gasteiger partial charge in [0.05, 0.1) is 6.20 Å². The Labute approximate surface area is 166 Å². The van der Waals surface area contributed by atoms with Gasteiger partial charge >= 0.3 is 0 Å². The summed E-state index contributed by atoms with van der Waals surface area (Å²) in [5.41, 5.74) is 2.73. The van der Waals surface area contributed by atoms with E-state index < -0.39 is 0 Å². The number of hydrogen-bond donors (Lipinski definition) is 0. The van der Waals surface area contributed by atoms with Crippen LogP contribution in [0.15, 0.2) is 35.3 Å². The number of aryl methyl sites for hydroxylation is 1. The highest BCUT2D eigenvalue weighted by Crippen LogP contribution is 2.30. The topological polar surface area (TPSA) is 56.6 Å². The predicted molar refractivity (Wildman–Crippen MR) is 109 cm³/mol. The maximum absolute atomic E-state index is 12.1. The lowest BCUT2D eigenvalue weighted by atomic mass is 9.90. The summed E-state index contributed by atoms with van der Waals surface area (Å²) >= 11 is 0. The fraction of sp³-hybridized carbons (Fsp3) is 0.545. The first-order valence-electron chi connectivity index (χ1n) is 10.2. The van der Waals surface area contributed by atoms with Crippen LogP contribution in [0, 0.1) is 6.92 Å². The highest BCUT2D eigenvalue weighted by molar-refractivity contribution is 5.67. The molecule has 4 rings (SSSR count). The predicted octanol–water partition coefficient (Wildman–Crippen LogP) is 3.22. The summed E-state index contributed by atoms with van der Waals surface area (Å²) in [4.78, 5) is 14.8. The van der Waals surface area contributed by atoms with Crippen LogP contribution in [0.2, 0.25) is 0 Å². The maximum atomic E-state index is 12.1. The van der Waals surface area contributed by atoms with Gasteiger partial charge in [-0.1, -0.05) is 12.5 Å². The number of aromatic nitrogens is 2. The molecule has 2 heterocycles. The normalized spacial score (nSPS) is 18.8. The monoisotopic (exact) mass is 383 g/mol. The van der Waals surface area contributed by atoms with E-state index in [4.69, 9.17) is 9.47 Å². The number of likely N-dealkylation sites (tertiary alicyclic amines) is 1. The minimum Gasteiger partial charge on any atom is -0.490 e. The van der Waals surface area contributed by atoms with Crippen molar-refractivity contribution in [2.24, 2.45) is 0 Å². The molecule has 0 atom stereocenters. The van der Waals surface area contributed by atoms with Crippen LogP contribution >= 0.6 is 0 Å². The summed E-state index contributed by atoms with van der Waals surface area (Å²) in [6.45, 7) is 4.50. The molecule has 1 aliphatic carbocycles. The second-order valence-corrected chi connectivity index (χ2v) is 7.91. The van der Waals surface area contributed by atoms with Crippen molar-refractivity contribution in [2.75, 3.05) is 20.2 Å². The Morgan fingerprint density at radius 3 is 2.54 bits per heavy atom. The molecule has 0 amide bonds. The fourth-order valence-corrected chi connectivity index (χ4v) is 4.14. The molecule has 1 saturated heterocycles. The molecule has 2 aromatic rings. The lowest BCUT2D eigenvalue weighted by Crippen LogP contribution is -2.46. The van der Waals surface area contributed by atoms with Gasteiger partial charge in [0.25, 0.3) is 5.56 Å². The van der Waals surface area contributed by atoms with E-state index in [1.165, 1.54) is 23.9 Å². The van der Waals surface area contributed by atoms with Crippen LogP contribution in [0.4, 0.5) is 0 Å². The lowest BCUT2D eigenvalue weighted by Gasteiger charge is -2.41. The number of hydrogen-bond acceptors (Lipinski definition) is 5. The summed E-state index contributed by atoms with van der Waals surface area (Å²) in [6, 6.07) is 8.52. The summed E-state index contributed by atoms with van der Waals surface area (Å²) < 4.78 is 12.5. The number of methoxy groups -OCH3 is 1. The zero-order chi connectivity index (χ0) is 19.5. The molecule has 1 aromatic carbocycles. The average Bonchev–Trinajstić information content (AvgIpc) is 2.64. The van der Waals surface area contributed by atoms with Gasteiger partial charge in [-0.25, -0.2) is 4.68 Å². The van der Waals surface area contributed by atoms with Gasteiger partial charge in [0.15, 0.2) is 0 Å². The summed E-state index contributed by atoms with van der Waals surface area (Å²) in [5.74, 6) is 0.907. The van der Waals surface area contributed by atoms with Gasteiger partial charge in [-0.15, -0.1) is 0 Å². The number of ether oxygens (including phenoxy) is 2. The standard InChI is InChI=1S/C22H29N3O3/c1-16-12-20(28-19-8-10-24(11-9-19)18-4-3-5-18)6-7-21(16)17-13-22(26)25(15-27-2)23-14-17/h6-7,12-14,18-19H,3-5,8-11,15H2,1-2H3. The molecule has 150 valence electrons. The van der Waals surface area contributed by atoms with Gasteiger partial charge in [0, 0.05) is 37.9 Å². The van der Waals surface area contributed by atoms with Crippen molar-refractivity contribution in [1.82, 2.24) is 14.7 Å². The largest absolute Gasteiger partial charge is 0.490 e. The van der Waals surface area contributed by atoms with Crippen LogP contribution in [0.25, 0.3) is 11.1 Å². The Kier molecular flexibility index (Phi) is 5.78. The van der Waals surface area contributed by atoms with Gasteiger partial charge in [-0.2, -0.15) is 5.10 Å². The van der Waals surface area contributed by atoms with E-state index in [-0.39, 0.29) is 12.3 Å². The highest BCUT2D eigenvalue weighted by atomic mass is 16.5. The van der Waals surface area contributed by atoms with E-state index in [1.54, 1.807) is 19.4 Å². The van der Waals surface area contributed by atoms with E-state index >= 15 is 0 Å². The lowest BCUT2D eigenvalue weighted by molar-refractivity contribution is 0.0493. The summed E-state index contributed by atoms with van der Waals surface area (Å²) in [7, 11) is 1.54. The molecule has 6 heteroatoms. The molecular formula is C22H29N3O3. The van der Waals surface area contributed by atoms with E-state index in [9.17, 15) is 4.79 Å². The minimum absolute atomic E-state index is 0.157.